The van der Waals surface area contributed by atoms with Gasteiger partial charge in [-0.3, -0.25) is 9.59 Å². The third kappa shape index (κ3) is 8.40. The minimum absolute atomic E-state index is 0.0417. The molecule has 22 heavy (non-hydrogen) atoms. The van der Waals surface area contributed by atoms with Gasteiger partial charge in [-0.25, -0.2) is 0 Å². The van der Waals surface area contributed by atoms with Crippen LogP contribution >= 0.6 is 0 Å². The second kappa shape index (κ2) is 11.5. The van der Waals surface area contributed by atoms with Gasteiger partial charge in [0.1, 0.15) is 0 Å². The highest BCUT2D eigenvalue weighted by Gasteiger charge is 2.26. The van der Waals surface area contributed by atoms with Crippen molar-refractivity contribution in [3.8, 4) is 0 Å². The first-order valence-corrected chi connectivity index (χ1v) is 8.16. The third-order valence-corrected chi connectivity index (χ3v) is 3.82. The first-order valence-electron chi connectivity index (χ1n) is 8.16. The molecule has 0 heterocycles. The van der Waals surface area contributed by atoms with Crippen LogP contribution in [-0.4, -0.2) is 26.2 Å². The fourth-order valence-electron chi connectivity index (χ4n) is 2.90. The molecular formula is C18H36O4. The monoisotopic (exact) mass is 316 g/mol. The molecule has 0 aromatic carbocycles. The van der Waals surface area contributed by atoms with E-state index in [4.69, 9.17) is 9.47 Å². The van der Waals surface area contributed by atoms with Crippen LogP contribution in [-0.2, 0) is 19.1 Å². The summed E-state index contributed by atoms with van der Waals surface area (Å²) in [6, 6.07) is 0. The van der Waals surface area contributed by atoms with Crippen LogP contribution in [0.5, 0.6) is 0 Å². The Labute approximate surface area is 136 Å². The summed E-state index contributed by atoms with van der Waals surface area (Å²) in [4.78, 5) is 22.3. The molecule has 0 spiro atoms. The van der Waals surface area contributed by atoms with E-state index in [1.807, 2.05) is 55.4 Å². The van der Waals surface area contributed by atoms with Crippen LogP contribution in [0.2, 0.25) is 0 Å². The predicted molar refractivity (Wildman–Crippen MR) is 90.4 cm³/mol. The Morgan fingerprint density at radius 2 is 0.727 bits per heavy atom. The van der Waals surface area contributed by atoms with Gasteiger partial charge in [0.05, 0.1) is 26.1 Å². The number of ether oxygens (including phenoxy) is 2. The number of carbonyl (C=O) groups excluding carboxylic acids is 2. The molecule has 4 heteroatoms. The van der Waals surface area contributed by atoms with Crippen LogP contribution in [0, 0.1) is 35.5 Å². The normalized spacial score (nSPS) is 11.3. The molecule has 0 saturated heterocycles. The highest BCUT2D eigenvalue weighted by Crippen LogP contribution is 2.22. The zero-order valence-corrected chi connectivity index (χ0v) is 16.1. The van der Waals surface area contributed by atoms with Gasteiger partial charge < -0.3 is 9.47 Å². The standard InChI is InChI=1S/2C9H18O2/c2*1-6(2)8(7(3)4)9(10)11-5/h2*6-8H,1-5H3. The third-order valence-electron chi connectivity index (χ3n) is 3.82. The highest BCUT2D eigenvalue weighted by molar-refractivity contribution is 5.73. The summed E-state index contributed by atoms with van der Waals surface area (Å²) in [5.41, 5.74) is 0. The molecule has 0 aliphatic carbocycles. The molecule has 0 aromatic rings. The van der Waals surface area contributed by atoms with Crippen LogP contribution in [0.3, 0.4) is 0 Å². The first-order chi connectivity index (χ1) is 10.0. The summed E-state index contributed by atoms with van der Waals surface area (Å²) >= 11 is 0. The second-order valence-electron chi connectivity index (χ2n) is 7.07. The molecule has 0 aliphatic heterocycles. The summed E-state index contributed by atoms with van der Waals surface area (Å²) in [6.07, 6.45) is 0. The Morgan fingerprint density at radius 3 is 0.773 bits per heavy atom. The topological polar surface area (TPSA) is 52.6 Å². The molecule has 0 bridgehead atoms. The molecule has 0 N–H and O–H groups in total. The molecule has 0 radical (unpaired) electrons. The minimum Gasteiger partial charge on any atom is -0.469 e. The van der Waals surface area contributed by atoms with Crippen LogP contribution < -0.4 is 0 Å². The SMILES string of the molecule is COC(=O)C(C(C)C)C(C)C.COC(=O)C(C(C)C)C(C)C. The Kier molecular flexibility index (Phi) is 12.1. The summed E-state index contributed by atoms with van der Waals surface area (Å²) in [5, 5.41) is 0. The van der Waals surface area contributed by atoms with Gasteiger partial charge in [-0.15, -0.1) is 0 Å². The van der Waals surface area contributed by atoms with Gasteiger partial charge in [-0.2, -0.15) is 0 Å². The van der Waals surface area contributed by atoms with Crippen LogP contribution in [0.4, 0.5) is 0 Å². The Hall–Kier alpha value is -1.06. The van der Waals surface area contributed by atoms with Crippen molar-refractivity contribution in [2.24, 2.45) is 35.5 Å². The van der Waals surface area contributed by atoms with Gasteiger partial charge in [0, 0.05) is 0 Å². The van der Waals surface area contributed by atoms with Crippen molar-refractivity contribution in [3.05, 3.63) is 0 Å². The van der Waals surface area contributed by atoms with Crippen molar-refractivity contribution >= 4 is 11.9 Å². The van der Waals surface area contributed by atoms with Gasteiger partial charge >= 0.3 is 11.9 Å². The number of hydrogen-bond acceptors (Lipinski definition) is 4. The number of hydrogen-bond donors (Lipinski definition) is 0. The van der Waals surface area contributed by atoms with Gasteiger partial charge in [0.2, 0.25) is 0 Å². The van der Waals surface area contributed by atoms with E-state index >= 15 is 0 Å². The number of rotatable bonds is 6. The molecule has 0 saturated carbocycles. The van der Waals surface area contributed by atoms with Gasteiger partial charge in [0.15, 0.2) is 0 Å². The quantitative estimate of drug-likeness (QED) is 0.690. The Bertz CT molecular complexity index is 271. The van der Waals surface area contributed by atoms with E-state index in [2.05, 4.69) is 0 Å². The first kappa shape index (κ1) is 23.2. The van der Waals surface area contributed by atoms with Crippen LogP contribution in [0.1, 0.15) is 55.4 Å². The summed E-state index contributed by atoms with van der Waals surface area (Å²) in [6.45, 7) is 16.3. The van der Waals surface area contributed by atoms with Crippen molar-refractivity contribution in [3.63, 3.8) is 0 Å². The lowest BCUT2D eigenvalue weighted by Gasteiger charge is -2.21. The molecule has 0 aromatic heterocycles. The van der Waals surface area contributed by atoms with Crippen molar-refractivity contribution in [2.45, 2.75) is 55.4 Å². The fraction of sp³-hybridized carbons (Fsp3) is 0.889. The lowest BCUT2D eigenvalue weighted by molar-refractivity contribution is -0.149. The Balaban J connectivity index is 0. The van der Waals surface area contributed by atoms with Crippen LogP contribution in [0.15, 0.2) is 0 Å². The lowest BCUT2D eigenvalue weighted by Crippen LogP contribution is -2.26. The highest BCUT2D eigenvalue weighted by atomic mass is 16.5. The van der Waals surface area contributed by atoms with Crippen molar-refractivity contribution in [1.29, 1.82) is 0 Å². The van der Waals surface area contributed by atoms with E-state index in [-0.39, 0.29) is 23.8 Å². The minimum atomic E-state index is -0.0880. The molecule has 0 atom stereocenters. The molecule has 0 unspecified atom stereocenters. The maximum atomic E-state index is 11.2. The van der Waals surface area contributed by atoms with E-state index in [0.29, 0.717) is 23.7 Å². The fourth-order valence-corrected chi connectivity index (χ4v) is 2.90. The van der Waals surface area contributed by atoms with Crippen molar-refractivity contribution < 1.29 is 19.1 Å². The van der Waals surface area contributed by atoms with Gasteiger partial charge in [-0.05, 0) is 23.7 Å². The maximum absolute atomic E-state index is 11.2. The summed E-state index contributed by atoms with van der Waals surface area (Å²) in [5.74, 6) is 1.36. The molecular weight excluding hydrogens is 280 g/mol. The van der Waals surface area contributed by atoms with Gasteiger partial charge in [-0.1, -0.05) is 55.4 Å². The Morgan fingerprint density at radius 1 is 0.545 bits per heavy atom. The average molecular weight is 316 g/mol. The van der Waals surface area contributed by atoms with E-state index in [1.54, 1.807) is 0 Å². The number of esters is 2. The number of methoxy groups -OCH3 is 2. The average Bonchev–Trinajstić information content (AvgIpc) is 2.37. The summed E-state index contributed by atoms with van der Waals surface area (Å²) < 4.78 is 9.39. The van der Waals surface area contributed by atoms with E-state index in [0.717, 1.165) is 0 Å². The van der Waals surface area contributed by atoms with E-state index in [1.165, 1.54) is 14.2 Å². The second-order valence-corrected chi connectivity index (χ2v) is 7.07. The summed E-state index contributed by atoms with van der Waals surface area (Å²) in [7, 11) is 2.89. The predicted octanol–water partition coefficient (Wildman–Crippen LogP) is 4.18. The van der Waals surface area contributed by atoms with Gasteiger partial charge in [0.25, 0.3) is 0 Å². The van der Waals surface area contributed by atoms with Crippen molar-refractivity contribution in [1.82, 2.24) is 0 Å². The van der Waals surface area contributed by atoms with E-state index in [9.17, 15) is 9.59 Å². The molecule has 0 rings (SSSR count). The maximum Gasteiger partial charge on any atom is 0.309 e. The zero-order valence-electron chi connectivity index (χ0n) is 16.1. The smallest absolute Gasteiger partial charge is 0.309 e. The largest absolute Gasteiger partial charge is 0.469 e. The molecule has 0 amide bonds. The molecule has 4 nitrogen and oxygen atoms in total. The lowest BCUT2D eigenvalue weighted by atomic mass is 9.86. The van der Waals surface area contributed by atoms with E-state index < -0.39 is 0 Å². The van der Waals surface area contributed by atoms with Crippen LogP contribution in [0.25, 0.3) is 0 Å². The molecule has 0 aliphatic rings. The van der Waals surface area contributed by atoms with Crippen molar-refractivity contribution in [2.75, 3.05) is 14.2 Å². The molecule has 0 fully saturated rings. The number of carbonyl (C=O) groups is 2. The molecule has 132 valence electrons. The zero-order chi connectivity index (χ0) is 18.0.